The molecule has 1 N–H and O–H groups in total. The highest BCUT2D eigenvalue weighted by Gasteiger charge is 2.21. The van der Waals surface area contributed by atoms with Gasteiger partial charge in [-0.05, 0) is 42.5 Å². The molecule has 0 saturated carbocycles. The van der Waals surface area contributed by atoms with E-state index >= 15 is 0 Å². The standard InChI is InChI=1S/C16H10Cl2O5S/c17-10-3-5-11(6-4-10)23-15-9-16(24(19,20)21)13(18)8-12(15)14-2-1-7-22-14/h1-9H,(H,19,20,21). The van der Waals surface area contributed by atoms with Crippen LogP contribution in [0.25, 0.3) is 11.3 Å². The first-order chi connectivity index (χ1) is 11.3. The van der Waals surface area contributed by atoms with Gasteiger partial charge in [0.05, 0.1) is 16.8 Å². The molecule has 24 heavy (non-hydrogen) atoms. The predicted molar refractivity (Wildman–Crippen MR) is 90.5 cm³/mol. The third-order valence-corrected chi connectivity index (χ3v) is 4.71. The van der Waals surface area contributed by atoms with E-state index in [4.69, 9.17) is 32.4 Å². The van der Waals surface area contributed by atoms with E-state index in [2.05, 4.69) is 0 Å². The Hall–Kier alpha value is -1.99. The van der Waals surface area contributed by atoms with Crippen molar-refractivity contribution in [2.75, 3.05) is 0 Å². The molecule has 0 bridgehead atoms. The first kappa shape index (κ1) is 16.9. The first-order valence-electron chi connectivity index (χ1n) is 6.63. The van der Waals surface area contributed by atoms with Gasteiger partial charge in [0.25, 0.3) is 10.1 Å². The molecule has 1 aromatic heterocycles. The van der Waals surface area contributed by atoms with Crippen LogP contribution in [0.4, 0.5) is 0 Å². The van der Waals surface area contributed by atoms with Gasteiger partial charge < -0.3 is 9.15 Å². The summed E-state index contributed by atoms with van der Waals surface area (Å²) in [7, 11) is -4.50. The van der Waals surface area contributed by atoms with Crippen LogP contribution < -0.4 is 4.74 Å². The van der Waals surface area contributed by atoms with Gasteiger partial charge >= 0.3 is 0 Å². The van der Waals surface area contributed by atoms with Crippen molar-refractivity contribution in [1.82, 2.24) is 0 Å². The molecular formula is C16H10Cl2O5S. The number of hydrogen-bond acceptors (Lipinski definition) is 4. The fourth-order valence-electron chi connectivity index (χ4n) is 2.07. The smallest absolute Gasteiger partial charge is 0.296 e. The minimum Gasteiger partial charge on any atom is -0.464 e. The first-order valence-corrected chi connectivity index (χ1v) is 8.82. The van der Waals surface area contributed by atoms with Crippen molar-refractivity contribution in [2.24, 2.45) is 0 Å². The second-order valence-electron chi connectivity index (χ2n) is 4.79. The molecule has 5 nitrogen and oxygen atoms in total. The second-order valence-corrected chi connectivity index (χ2v) is 7.02. The molecule has 0 amide bonds. The molecule has 2 aromatic carbocycles. The lowest BCUT2D eigenvalue weighted by Gasteiger charge is -2.12. The molecule has 1 heterocycles. The zero-order valence-electron chi connectivity index (χ0n) is 11.9. The molecule has 0 unspecified atom stereocenters. The Balaban J connectivity index is 2.15. The Morgan fingerprint density at radius 1 is 1.04 bits per heavy atom. The van der Waals surface area contributed by atoms with Crippen molar-refractivity contribution in [2.45, 2.75) is 4.90 Å². The number of furan rings is 1. The van der Waals surface area contributed by atoms with Crippen LogP contribution >= 0.6 is 23.2 Å². The Morgan fingerprint density at radius 3 is 2.33 bits per heavy atom. The zero-order chi connectivity index (χ0) is 17.3. The number of hydrogen-bond donors (Lipinski definition) is 1. The average Bonchev–Trinajstić information content (AvgIpc) is 3.04. The van der Waals surface area contributed by atoms with Crippen LogP contribution in [-0.2, 0) is 10.1 Å². The van der Waals surface area contributed by atoms with Crippen molar-refractivity contribution < 1.29 is 22.1 Å². The molecule has 8 heteroatoms. The Kier molecular flexibility index (Phi) is 4.56. The second kappa shape index (κ2) is 6.49. The van der Waals surface area contributed by atoms with Crippen molar-refractivity contribution in [3.05, 3.63) is 64.8 Å². The molecule has 0 spiro atoms. The Bertz CT molecular complexity index is 964. The maximum atomic E-state index is 11.5. The lowest BCUT2D eigenvalue weighted by Crippen LogP contribution is -2.00. The van der Waals surface area contributed by atoms with E-state index in [0.29, 0.717) is 22.1 Å². The van der Waals surface area contributed by atoms with E-state index in [1.54, 1.807) is 36.4 Å². The Morgan fingerprint density at radius 2 is 1.75 bits per heavy atom. The third kappa shape index (κ3) is 3.57. The third-order valence-electron chi connectivity index (χ3n) is 3.14. The fraction of sp³-hybridized carbons (Fsp3) is 0. The minimum atomic E-state index is -4.50. The van der Waals surface area contributed by atoms with Crippen molar-refractivity contribution in [3.8, 4) is 22.8 Å². The number of benzene rings is 2. The van der Waals surface area contributed by atoms with Gasteiger partial charge in [-0.25, -0.2) is 0 Å². The maximum absolute atomic E-state index is 11.5. The van der Waals surface area contributed by atoms with Gasteiger partial charge in [-0.2, -0.15) is 8.42 Å². The van der Waals surface area contributed by atoms with Gasteiger partial charge in [0, 0.05) is 11.1 Å². The molecule has 0 aliphatic carbocycles. The van der Waals surface area contributed by atoms with E-state index in [9.17, 15) is 13.0 Å². The molecule has 0 fully saturated rings. The van der Waals surface area contributed by atoms with Crippen LogP contribution in [0.15, 0.2) is 64.1 Å². The van der Waals surface area contributed by atoms with Crippen LogP contribution in [0, 0.1) is 0 Å². The maximum Gasteiger partial charge on any atom is 0.296 e. The molecule has 0 aliphatic heterocycles. The number of halogens is 2. The van der Waals surface area contributed by atoms with E-state index in [-0.39, 0.29) is 10.8 Å². The summed E-state index contributed by atoms with van der Waals surface area (Å²) in [6.45, 7) is 0. The van der Waals surface area contributed by atoms with E-state index in [0.717, 1.165) is 6.07 Å². The number of rotatable bonds is 4. The Labute approximate surface area is 148 Å². The molecule has 3 aromatic rings. The van der Waals surface area contributed by atoms with Gasteiger partial charge in [0.1, 0.15) is 22.2 Å². The topological polar surface area (TPSA) is 76.7 Å². The minimum absolute atomic E-state index is 0.146. The quantitative estimate of drug-likeness (QED) is 0.618. The van der Waals surface area contributed by atoms with Gasteiger partial charge in [0.15, 0.2) is 0 Å². The summed E-state index contributed by atoms with van der Waals surface area (Å²) >= 11 is 11.8. The zero-order valence-corrected chi connectivity index (χ0v) is 14.3. The molecule has 0 radical (unpaired) electrons. The van der Waals surface area contributed by atoms with Crippen LogP contribution in [-0.4, -0.2) is 13.0 Å². The van der Waals surface area contributed by atoms with Gasteiger partial charge in [0.2, 0.25) is 0 Å². The molecule has 124 valence electrons. The van der Waals surface area contributed by atoms with Crippen LogP contribution in [0.1, 0.15) is 0 Å². The summed E-state index contributed by atoms with van der Waals surface area (Å²) in [5.41, 5.74) is 0.437. The summed E-state index contributed by atoms with van der Waals surface area (Å²) in [6, 6.07) is 12.3. The van der Waals surface area contributed by atoms with Crippen molar-refractivity contribution >= 4 is 33.3 Å². The highest BCUT2D eigenvalue weighted by molar-refractivity contribution is 7.86. The summed E-state index contributed by atoms with van der Waals surface area (Å²) < 4.78 is 43.3. The van der Waals surface area contributed by atoms with Crippen LogP contribution in [0.5, 0.6) is 11.5 Å². The van der Waals surface area contributed by atoms with E-state index in [1.165, 1.54) is 12.3 Å². The van der Waals surface area contributed by atoms with Gasteiger partial charge in [-0.1, -0.05) is 23.2 Å². The highest BCUT2D eigenvalue weighted by Crippen LogP contribution is 2.39. The predicted octanol–water partition coefficient (Wildman–Crippen LogP) is 5.29. The van der Waals surface area contributed by atoms with Gasteiger partial charge in [-0.3, -0.25) is 4.55 Å². The molecule has 3 rings (SSSR count). The van der Waals surface area contributed by atoms with Crippen molar-refractivity contribution in [3.63, 3.8) is 0 Å². The summed E-state index contributed by atoms with van der Waals surface area (Å²) in [6.07, 6.45) is 1.46. The normalized spacial score (nSPS) is 11.5. The lowest BCUT2D eigenvalue weighted by atomic mass is 10.1. The monoisotopic (exact) mass is 384 g/mol. The lowest BCUT2D eigenvalue weighted by molar-refractivity contribution is 0.471. The SMILES string of the molecule is O=S(=O)(O)c1cc(Oc2ccc(Cl)cc2)c(-c2ccco2)cc1Cl. The largest absolute Gasteiger partial charge is 0.464 e. The molecule has 0 saturated heterocycles. The molecule has 0 aliphatic rings. The van der Waals surface area contributed by atoms with Gasteiger partial charge in [-0.15, -0.1) is 0 Å². The van der Waals surface area contributed by atoms with E-state index < -0.39 is 15.0 Å². The number of ether oxygens (including phenoxy) is 1. The van der Waals surface area contributed by atoms with Crippen molar-refractivity contribution in [1.29, 1.82) is 0 Å². The summed E-state index contributed by atoms with van der Waals surface area (Å²) in [5.74, 6) is 1.02. The fourth-order valence-corrected chi connectivity index (χ4v) is 3.21. The highest BCUT2D eigenvalue weighted by atomic mass is 35.5. The van der Waals surface area contributed by atoms with Crippen LogP contribution in [0.2, 0.25) is 10.0 Å². The summed E-state index contributed by atoms with van der Waals surface area (Å²) in [5, 5.41) is 0.385. The van der Waals surface area contributed by atoms with Crippen LogP contribution in [0.3, 0.4) is 0 Å². The summed E-state index contributed by atoms with van der Waals surface area (Å²) in [4.78, 5) is -0.455. The van der Waals surface area contributed by atoms with E-state index in [1.807, 2.05) is 0 Å². The average molecular weight is 385 g/mol. The molecule has 0 atom stereocenters. The molecular weight excluding hydrogens is 375 g/mol.